The molecule has 0 bridgehead atoms. The molecule has 0 fully saturated rings. The summed E-state index contributed by atoms with van der Waals surface area (Å²) in [5, 5.41) is -0.0721. The lowest BCUT2D eigenvalue weighted by atomic mass is 10.0. The Bertz CT molecular complexity index is 573. The van der Waals surface area contributed by atoms with Crippen LogP contribution in [0.5, 0.6) is 0 Å². The molecule has 1 heterocycles. The zero-order valence-electron chi connectivity index (χ0n) is 8.97. The van der Waals surface area contributed by atoms with Gasteiger partial charge in [-0.2, -0.15) is 0 Å². The lowest BCUT2D eigenvalue weighted by molar-refractivity contribution is 0.623. The Labute approximate surface area is 106 Å². The highest BCUT2D eigenvalue weighted by molar-refractivity contribution is 9.10. The molecule has 0 amide bonds. The largest absolute Gasteiger partial charge is 0.323 e. The molecule has 1 atom stereocenters. The summed E-state index contributed by atoms with van der Waals surface area (Å²) in [5.74, 6) is 0.334. The van der Waals surface area contributed by atoms with E-state index in [0.717, 1.165) is 21.1 Å². The summed E-state index contributed by atoms with van der Waals surface area (Å²) >= 11 is 9.80. The van der Waals surface area contributed by atoms with Crippen LogP contribution in [0.15, 0.2) is 21.4 Å². The third-order valence-corrected chi connectivity index (χ3v) is 3.94. The number of hydrogen-bond donors (Lipinski definition) is 2. The summed E-state index contributed by atoms with van der Waals surface area (Å²) in [6.45, 7) is 4.13. The predicted molar refractivity (Wildman–Crippen MR) is 70.1 cm³/mol. The minimum Gasteiger partial charge on any atom is -0.306 e. The predicted octanol–water partition coefficient (Wildman–Crippen LogP) is 3.55. The molecular formula is C11H12BrClN2O. The van der Waals surface area contributed by atoms with Crippen LogP contribution in [0.4, 0.5) is 0 Å². The van der Waals surface area contributed by atoms with E-state index < -0.39 is 0 Å². The van der Waals surface area contributed by atoms with Gasteiger partial charge < -0.3 is 9.97 Å². The first-order valence-corrected chi connectivity index (χ1v) is 6.27. The van der Waals surface area contributed by atoms with Gasteiger partial charge in [-0.25, -0.2) is 4.79 Å². The van der Waals surface area contributed by atoms with Crippen molar-refractivity contribution < 1.29 is 0 Å². The molecule has 1 aromatic heterocycles. The van der Waals surface area contributed by atoms with E-state index in [4.69, 9.17) is 11.6 Å². The second-order valence-corrected chi connectivity index (χ2v) is 5.47. The molecule has 0 radical (unpaired) electrons. The SMILES string of the molecule is CC(C)C(Cl)c1cc2[nH]c(=O)[nH]c2cc1Br. The number of hydrogen-bond acceptors (Lipinski definition) is 1. The van der Waals surface area contributed by atoms with E-state index >= 15 is 0 Å². The molecule has 2 aromatic rings. The number of imidazole rings is 1. The number of nitrogens with one attached hydrogen (secondary N) is 2. The lowest BCUT2D eigenvalue weighted by Gasteiger charge is -2.15. The summed E-state index contributed by atoms with van der Waals surface area (Å²) in [5.41, 5.74) is 2.37. The Morgan fingerprint density at radius 1 is 1.25 bits per heavy atom. The maximum atomic E-state index is 11.2. The van der Waals surface area contributed by atoms with E-state index in [0.29, 0.717) is 5.92 Å². The lowest BCUT2D eigenvalue weighted by Crippen LogP contribution is -2.00. The summed E-state index contributed by atoms with van der Waals surface area (Å²) in [4.78, 5) is 16.6. The quantitative estimate of drug-likeness (QED) is 0.819. The average molecular weight is 304 g/mol. The highest BCUT2D eigenvalue weighted by Gasteiger charge is 2.16. The van der Waals surface area contributed by atoms with Gasteiger partial charge in [0.05, 0.1) is 16.4 Å². The number of benzene rings is 1. The van der Waals surface area contributed by atoms with Crippen LogP contribution in [-0.4, -0.2) is 9.97 Å². The minimum atomic E-state index is -0.199. The van der Waals surface area contributed by atoms with Gasteiger partial charge in [0.1, 0.15) is 0 Å². The molecule has 0 saturated heterocycles. The first-order valence-electron chi connectivity index (χ1n) is 5.04. The molecule has 2 N–H and O–H groups in total. The number of fused-ring (bicyclic) bond motifs is 1. The van der Waals surface area contributed by atoms with Gasteiger partial charge >= 0.3 is 5.69 Å². The van der Waals surface area contributed by atoms with Gasteiger partial charge in [0, 0.05) is 4.47 Å². The number of rotatable bonds is 2. The van der Waals surface area contributed by atoms with Crippen LogP contribution in [0, 0.1) is 5.92 Å². The fourth-order valence-electron chi connectivity index (χ4n) is 1.64. The fourth-order valence-corrected chi connectivity index (χ4v) is 2.55. The molecule has 1 aromatic carbocycles. The van der Waals surface area contributed by atoms with Crippen molar-refractivity contribution in [3.63, 3.8) is 0 Å². The third kappa shape index (κ3) is 2.04. The molecule has 86 valence electrons. The Kier molecular flexibility index (Phi) is 3.13. The van der Waals surface area contributed by atoms with E-state index in [-0.39, 0.29) is 11.1 Å². The van der Waals surface area contributed by atoms with Gasteiger partial charge in [0.15, 0.2) is 0 Å². The van der Waals surface area contributed by atoms with Crippen LogP contribution in [0.25, 0.3) is 11.0 Å². The zero-order valence-corrected chi connectivity index (χ0v) is 11.3. The average Bonchev–Trinajstić information content (AvgIpc) is 2.54. The van der Waals surface area contributed by atoms with Crippen LogP contribution < -0.4 is 5.69 Å². The highest BCUT2D eigenvalue weighted by atomic mass is 79.9. The molecule has 0 aliphatic heterocycles. The third-order valence-electron chi connectivity index (χ3n) is 2.52. The van der Waals surface area contributed by atoms with Crippen molar-refractivity contribution in [2.75, 3.05) is 0 Å². The Hall–Kier alpha value is -0.740. The maximum absolute atomic E-state index is 11.2. The van der Waals surface area contributed by atoms with Crippen molar-refractivity contribution >= 4 is 38.6 Å². The topological polar surface area (TPSA) is 48.6 Å². The number of aromatic nitrogens is 2. The van der Waals surface area contributed by atoms with Gasteiger partial charge in [0.2, 0.25) is 0 Å². The molecule has 2 rings (SSSR count). The van der Waals surface area contributed by atoms with Crippen molar-refractivity contribution in [2.45, 2.75) is 19.2 Å². The molecular weight excluding hydrogens is 291 g/mol. The van der Waals surface area contributed by atoms with Crippen molar-refractivity contribution in [1.29, 1.82) is 0 Å². The van der Waals surface area contributed by atoms with Crippen LogP contribution >= 0.6 is 27.5 Å². The highest BCUT2D eigenvalue weighted by Crippen LogP contribution is 2.35. The maximum Gasteiger partial charge on any atom is 0.323 e. The van der Waals surface area contributed by atoms with Crippen molar-refractivity contribution in [3.05, 3.63) is 32.7 Å². The van der Waals surface area contributed by atoms with E-state index in [1.54, 1.807) is 0 Å². The molecule has 0 saturated carbocycles. The van der Waals surface area contributed by atoms with Crippen LogP contribution in [-0.2, 0) is 0 Å². The number of H-pyrrole nitrogens is 2. The Morgan fingerprint density at radius 3 is 2.38 bits per heavy atom. The summed E-state index contributed by atoms with van der Waals surface area (Å²) in [6.07, 6.45) is 0. The Morgan fingerprint density at radius 2 is 1.81 bits per heavy atom. The van der Waals surface area contributed by atoms with Crippen molar-refractivity contribution in [3.8, 4) is 0 Å². The van der Waals surface area contributed by atoms with E-state index in [9.17, 15) is 4.79 Å². The van der Waals surface area contributed by atoms with Crippen LogP contribution in [0.3, 0.4) is 0 Å². The second-order valence-electron chi connectivity index (χ2n) is 4.14. The normalized spacial score (nSPS) is 13.6. The smallest absolute Gasteiger partial charge is 0.306 e. The number of aromatic amines is 2. The minimum absolute atomic E-state index is 0.0721. The van der Waals surface area contributed by atoms with Gasteiger partial charge in [-0.15, -0.1) is 11.6 Å². The zero-order chi connectivity index (χ0) is 11.9. The standard InChI is InChI=1S/C11H12BrClN2O/c1-5(2)10(13)6-3-8-9(4-7(6)12)15-11(16)14-8/h3-5,10H,1-2H3,(H2,14,15,16). The second kappa shape index (κ2) is 4.26. The first-order chi connectivity index (χ1) is 7.49. The van der Waals surface area contributed by atoms with Gasteiger partial charge in [-0.05, 0) is 23.6 Å². The monoisotopic (exact) mass is 302 g/mol. The van der Waals surface area contributed by atoms with Gasteiger partial charge in [-0.1, -0.05) is 29.8 Å². The van der Waals surface area contributed by atoms with Crippen LogP contribution in [0.1, 0.15) is 24.8 Å². The molecule has 0 aliphatic rings. The summed E-state index contributed by atoms with van der Waals surface area (Å²) in [6, 6.07) is 3.79. The number of alkyl halides is 1. The van der Waals surface area contributed by atoms with E-state index in [1.807, 2.05) is 12.1 Å². The molecule has 3 nitrogen and oxygen atoms in total. The molecule has 5 heteroatoms. The van der Waals surface area contributed by atoms with E-state index in [2.05, 4.69) is 39.7 Å². The molecule has 0 spiro atoms. The van der Waals surface area contributed by atoms with Crippen molar-refractivity contribution in [1.82, 2.24) is 9.97 Å². The van der Waals surface area contributed by atoms with Crippen LogP contribution in [0.2, 0.25) is 0 Å². The molecule has 16 heavy (non-hydrogen) atoms. The first kappa shape index (κ1) is 11.7. The van der Waals surface area contributed by atoms with Crippen molar-refractivity contribution in [2.24, 2.45) is 5.92 Å². The fraction of sp³-hybridized carbons (Fsp3) is 0.364. The van der Waals surface area contributed by atoms with E-state index in [1.165, 1.54) is 0 Å². The van der Waals surface area contributed by atoms with Gasteiger partial charge in [-0.3, -0.25) is 0 Å². The van der Waals surface area contributed by atoms with Gasteiger partial charge in [0.25, 0.3) is 0 Å². The summed E-state index contributed by atoms with van der Waals surface area (Å²) in [7, 11) is 0. The number of halogens is 2. The summed E-state index contributed by atoms with van der Waals surface area (Å²) < 4.78 is 0.920. The molecule has 0 aliphatic carbocycles. The Balaban J connectivity index is 2.61. The molecule has 1 unspecified atom stereocenters.